The fraction of sp³-hybridized carbons (Fsp3) is 0.692. The van der Waals surface area contributed by atoms with Gasteiger partial charge in [-0.3, -0.25) is 9.69 Å². The van der Waals surface area contributed by atoms with E-state index >= 15 is 0 Å². The normalized spacial score (nSPS) is 16.8. The summed E-state index contributed by atoms with van der Waals surface area (Å²) in [6, 6.07) is 0. The Labute approximate surface area is 118 Å². The van der Waals surface area contributed by atoms with Gasteiger partial charge in [0.15, 0.2) is 5.13 Å². The van der Waals surface area contributed by atoms with Crippen molar-refractivity contribution in [2.45, 2.75) is 26.8 Å². The third kappa shape index (κ3) is 4.89. The molecule has 1 aliphatic heterocycles. The average molecular weight is 283 g/mol. The molecule has 0 spiro atoms. The first-order chi connectivity index (χ1) is 9.13. The van der Waals surface area contributed by atoms with Crippen LogP contribution in [0.1, 0.15) is 26.0 Å². The number of hydrogen-bond donors (Lipinski definition) is 1. The standard InChI is InChI=1S/C13H21N3O2S/c1-10(2)7-12(17)15-13-14-11(9-19-13)8-16-3-5-18-6-4-16/h9-10H,3-8H2,1-2H3,(H,14,15,17). The van der Waals surface area contributed by atoms with Crippen LogP contribution in [-0.2, 0) is 16.1 Å². The van der Waals surface area contributed by atoms with E-state index in [9.17, 15) is 4.79 Å². The van der Waals surface area contributed by atoms with Gasteiger partial charge >= 0.3 is 0 Å². The van der Waals surface area contributed by atoms with Crippen molar-refractivity contribution in [3.63, 3.8) is 0 Å². The smallest absolute Gasteiger partial charge is 0.226 e. The summed E-state index contributed by atoms with van der Waals surface area (Å²) in [5.74, 6) is 0.412. The summed E-state index contributed by atoms with van der Waals surface area (Å²) >= 11 is 1.49. The molecule has 0 unspecified atom stereocenters. The molecule has 1 N–H and O–H groups in total. The number of carbonyl (C=O) groups is 1. The fourth-order valence-corrected chi connectivity index (χ4v) is 2.68. The van der Waals surface area contributed by atoms with Crippen LogP contribution in [0.5, 0.6) is 0 Å². The lowest BCUT2D eigenvalue weighted by Crippen LogP contribution is -2.35. The SMILES string of the molecule is CC(C)CC(=O)Nc1nc(CN2CCOCC2)cs1. The number of nitrogens with zero attached hydrogens (tertiary/aromatic N) is 2. The number of ether oxygens (including phenoxy) is 1. The van der Waals surface area contributed by atoms with Gasteiger partial charge in [0, 0.05) is 31.4 Å². The van der Waals surface area contributed by atoms with Crippen LogP contribution in [0.4, 0.5) is 5.13 Å². The first-order valence-corrected chi connectivity index (χ1v) is 7.56. The van der Waals surface area contributed by atoms with Gasteiger partial charge in [-0.15, -0.1) is 11.3 Å². The zero-order valence-electron chi connectivity index (χ0n) is 11.5. The van der Waals surface area contributed by atoms with E-state index in [0.717, 1.165) is 38.5 Å². The number of aromatic nitrogens is 1. The van der Waals surface area contributed by atoms with Crippen molar-refractivity contribution in [2.24, 2.45) is 5.92 Å². The highest BCUT2D eigenvalue weighted by atomic mass is 32.1. The number of hydrogen-bond acceptors (Lipinski definition) is 5. The van der Waals surface area contributed by atoms with Gasteiger partial charge in [-0.05, 0) is 5.92 Å². The van der Waals surface area contributed by atoms with E-state index in [2.05, 4.69) is 15.2 Å². The summed E-state index contributed by atoms with van der Waals surface area (Å²) in [5, 5.41) is 5.57. The van der Waals surface area contributed by atoms with Gasteiger partial charge in [0.25, 0.3) is 0 Å². The summed E-state index contributed by atoms with van der Waals surface area (Å²) in [5.41, 5.74) is 1.02. The van der Waals surface area contributed by atoms with Crippen molar-refractivity contribution in [3.05, 3.63) is 11.1 Å². The minimum atomic E-state index is 0.0438. The van der Waals surface area contributed by atoms with E-state index in [-0.39, 0.29) is 5.91 Å². The number of rotatable bonds is 5. The molecule has 1 fully saturated rings. The molecule has 106 valence electrons. The van der Waals surface area contributed by atoms with Crippen LogP contribution in [0.2, 0.25) is 0 Å². The van der Waals surface area contributed by atoms with Gasteiger partial charge in [0.05, 0.1) is 18.9 Å². The van der Waals surface area contributed by atoms with E-state index in [1.54, 1.807) is 0 Å². The molecule has 6 heteroatoms. The summed E-state index contributed by atoms with van der Waals surface area (Å²) in [6.45, 7) is 8.39. The van der Waals surface area contributed by atoms with Gasteiger partial charge < -0.3 is 10.1 Å². The number of morpholine rings is 1. The van der Waals surface area contributed by atoms with Crippen LogP contribution in [0.25, 0.3) is 0 Å². The summed E-state index contributed by atoms with van der Waals surface area (Å²) < 4.78 is 5.32. The molecule has 2 rings (SSSR count). The van der Waals surface area contributed by atoms with Crippen LogP contribution in [0.3, 0.4) is 0 Å². The molecule has 1 aromatic heterocycles. The Kier molecular flexibility index (Phi) is 5.30. The number of anilines is 1. The quantitative estimate of drug-likeness (QED) is 0.897. The topological polar surface area (TPSA) is 54.5 Å². The number of nitrogens with one attached hydrogen (secondary N) is 1. The Morgan fingerprint density at radius 2 is 2.26 bits per heavy atom. The molecule has 5 nitrogen and oxygen atoms in total. The lowest BCUT2D eigenvalue weighted by molar-refractivity contribution is -0.116. The Morgan fingerprint density at radius 1 is 1.53 bits per heavy atom. The fourth-order valence-electron chi connectivity index (χ4n) is 1.97. The van der Waals surface area contributed by atoms with Crippen LogP contribution in [-0.4, -0.2) is 42.1 Å². The summed E-state index contributed by atoms with van der Waals surface area (Å²) in [7, 11) is 0. The maximum atomic E-state index is 11.7. The van der Waals surface area contributed by atoms with Crippen LogP contribution >= 0.6 is 11.3 Å². The van der Waals surface area contributed by atoms with Gasteiger partial charge in [-0.1, -0.05) is 13.8 Å². The largest absolute Gasteiger partial charge is 0.379 e. The van der Waals surface area contributed by atoms with Gasteiger partial charge in [-0.2, -0.15) is 0 Å². The van der Waals surface area contributed by atoms with Gasteiger partial charge in [0.1, 0.15) is 0 Å². The molecule has 0 bridgehead atoms. The van der Waals surface area contributed by atoms with E-state index in [1.165, 1.54) is 11.3 Å². The second-order valence-corrected chi connectivity index (χ2v) is 6.04. The van der Waals surface area contributed by atoms with Crippen molar-refractivity contribution in [1.29, 1.82) is 0 Å². The highest BCUT2D eigenvalue weighted by Crippen LogP contribution is 2.18. The molecule has 0 saturated carbocycles. The van der Waals surface area contributed by atoms with Crippen LogP contribution < -0.4 is 5.32 Å². The monoisotopic (exact) mass is 283 g/mol. The molecule has 1 amide bonds. The van der Waals surface area contributed by atoms with Crippen molar-refractivity contribution >= 4 is 22.4 Å². The lowest BCUT2D eigenvalue weighted by atomic mass is 10.1. The molecule has 0 aromatic carbocycles. The highest BCUT2D eigenvalue weighted by molar-refractivity contribution is 7.13. The first-order valence-electron chi connectivity index (χ1n) is 6.68. The first kappa shape index (κ1) is 14.4. The van der Waals surface area contributed by atoms with E-state index < -0.39 is 0 Å². The van der Waals surface area contributed by atoms with E-state index in [0.29, 0.717) is 17.5 Å². The Hall–Kier alpha value is -0.980. The minimum Gasteiger partial charge on any atom is -0.379 e. The summed E-state index contributed by atoms with van der Waals surface area (Å²) in [6.07, 6.45) is 0.540. The van der Waals surface area contributed by atoms with Crippen molar-refractivity contribution < 1.29 is 9.53 Å². The zero-order chi connectivity index (χ0) is 13.7. The van der Waals surface area contributed by atoms with Crippen molar-refractivity contribution in [2.75, 3.05) is 31.6 Å². The van der Waals surface area contributed by atoms with Crippen molar-refractivity contribution in [1.82, 2.24) is 9.88 Å². The molecule has 0 atom stereocenters. The third-order valence-electron chi connectivity index (χ3n) is 2.88. The molecule has 1 saturated heterocycles. The van der Waals surface area contributed by atoms with E-state index in [4.69, 9.17) is 4.74 Å². The van der Waals surface area contributed by atoms with E-state index in [1.807, 2.05) is 19.2 Å². The number of amides is 1. The predicted octanol–water partition coefficient (Wildman–Crippen LogP) is 1.96. The zero-order valence-corrected chi connectivity index (χ0v) is 12.3. The number of thiazole rings is 1. The molecule has 1 aromatic rings. The maximum absolute atomic E-state index is 11.7. The molecule has 1 aliphatic rings. The maximum Gasteiger partial charge on any atom is 0.226 e. The summed E-state index contributed by atoms with van der Waals surface area (Å²) in [4.78, 5) is 18.4. The Bertz CT molecular complexity index is 414. The van der Waals surface area contributed by atoms with Crippen molar-refractivity contribution in [3.8, 4) is 0 Å². The molecule has 19 heavy (non-hydrogen) atoms. The van der Waals surface area contributed by atoms with Crippen LogP contribution in [0, 0.1) is 5.92 Å². The predicted molar refractivity (Wildman–Crippen MR) is 76.3 cm³/mol. The molecule has 0 aliphatic carbocycles. The third-order valence-corrected chi connectivity index (χ3v) is 3.69. The average Bonchev–Trinajstić information content (AvgIpc) is 2.76. The molecular weight excluding hydrogens is 262 g/mol. The Balaban J connectivity index is 1.82. The minimum absolute atomic E-state index is 0.0438. The Morgan fingerprint density at radius 3 is 2.95 bits per heavy atom. The van der Waals surface area contributed by atoms with Gasteiger partial charge in [-0.25, -0.2) is 4.98 Å². The highest BCUT2D eigenvalue weighted by Gasteiger charge is 2.13. The number of carbonyl (C=O) groups excluding carboxylic acids is 1. The van der Waals surface area contributed by atoms with Gasteiger partial charge in [0.2, 0.25) is 5.91 Å². The second-order valence-electron chi connectivity index (χ2n) is 5.18. The molecular formula is C13H21N3O2S. The van der Waals surface area contributed by atoms with Crippen LogP contribution in [0.15, 0.2) is 5.38 Å². The second kappa shape index (κ2) is 6.98. The molecule has 0 radical (unpaired) electrons. The molecule has 2 heterocycles. The lowest BCUT2D eigenvalue weighted by Gasteiger charge is -2.25.